The van der Waals surface area contributed by atoms with Crippen LogP contribution < -0.4 is 5.73 Å². The highest BCUT2D eigenvalue weighted by atomic mass is 32.2. The molecule has 0 spiro atoms. The Balaban J connectivity index is 1.87. The van der Waals surface area contributed by atoms with Crippen LogP contribution in [0.1, 0.15) is 26.3 Å². The minimum atomic E-state index is -0.574. The number of aromatic nitrogens is 3. The number of pyridine rings is 1. The number of halogens is 2. The van der Waals surface area contributed by atoms with Crippen molar-refractivity contribution in [1.29, 1.82) is 0 Å². The normalized spacial score (nSPS) is 12.0. The number of nitrogens with two attached hydrogens (primary N) is 1. The summed E-state index contributed by atoms with van der Waals surface area (Å²) in [4.78, 5) is 5.34. The Labute approximate surface area is 143 Å². The maximum Gasteiger partial charge on any atom is 0.160 e. The first-order valence-electron chi connectivity index (χ1n) is 7.46. The lowest BCUT2D eigenvalue weighted by Crippen LogP contribution is -2.23. The second-order valence-electron chi connectivity index (χ2n) is 6.58. The van der Waals surface area contributed by atoms with Gasteiger partial charge in [-0.2, -0.15) is 5.10 Å². The average molecular weight is 348 g/mol. The zero-order chi connectivity index (χ0) is 17.5. The number of benzene rings is 1. The van der Waals surface area contributed by atoms with Gasteiger partial charge in [-0.3, -0.25) is 0 Å². The molecule has 126 valence electrons. The van der Waals surface area contributed by atoms with Crippen molar-refractivity contribution in [3.63, 3.8) is 0 Å². The highest BCUT2D eigenvalue weighted by Gasteiger charge is 2.20. The lowest BCUT2D eigenvalue weighted by atomic mass is 10.1. The zero-order valence-corrected chi connectivity index (χ0v) is 14.5. The number of rotatable bonds is 3. The minimum absolute atomic E-state index is 0.226. The predicted molar refractivity (Wildman–Crippen MR) is 92.9 cm³/mol. The van der Waals surface area contributed by atoms with Crippen molar-refractivity contribution in [1.82, 2.24) is 14.8 Å². The summed E-state index contributed by atoms with van der Waals surface area (Å²) in [5.74, 6) is -0.286. The van der Waals surface area contributed by atoms with Gasteiger partial charge in [0.2, 0.25) is 0 Å². The molecule has 0 atom stereocenters. The second kappa shape index (κ2) is 6.05. The van der Waals surface area contributed by atoms with Crippen molar-refractivity contribution in [2.24, 2.45) is 0 Å². The van der Waals surface area contributed by atoms with Crippen molar-refractivity contribution in [2.75, 3.05) is 5.73 Å². The summed E-state index contributed by atoms with van der Waals surface area (Å²) >= 11 is 1.44. The molecule has 0 saturated carbocycles. The fourth-order valence-corrected chi connectivity index (χ4v) is 3.24. The molecular weight excluding hydrogens is 330 g/mol. The fraction of sp³-hybridized carbons (Fsp3) is 0.294. The van der Waals surface area contributed by atoms with Crippen molar-refractivity contribution in [3.8, 4) is 0 Å². The highest BCUT2D eigenvalue weighted by Crippen LogP contribution is 2.30. The number of hydrogen-bond acceptors (Lipinski definition) is 4. The SMILES string of the molecule is CC(C)(C)n1nc(N)c2cc(SCc3cc(F)cc(F)c3)cnc21. The summed E-state index contributed by atoms with van der Waals surface area (Å²) in [6.07, 6.45) is 1.73. The van der Waals surface area contributed by atoms with Crippen LogP contribution in [-0.2, 0) is 11.3 Å². The minimum Gasteiger partial charge on any atom is -0.382 e. The molecule has 0 fully saturated rings. The van der Waals surface area contributed by atoms with Crippen LogP contribution in [0.25, 0.3) is 11.0 Å². The summed E-state index contributed by atoms with van der Waals surface area (Å²) in [6.45, 7) is 6.09. The second-order valence-corrected chi connectivity index (χ2v) is 7.63. The number of fused-ring (bicyclic) bond motifs is 1. The van der Waals surface area contributed by atoms with Crippen LogP contribution in [0.2, 0.25) is 0 Å². The summed E-state index contributed by atoms with van der Waals surface area (Å²) in [5, 5.41) is 5.15. The molecule has 0 radical (unpaired) electrons. The first-order valence-corrected chi connectivity index (χ1v) is 8.45. The molecule has 3 rings (SSSR count). The highest BCUT2D eigenvalue weighted by molar-refractivity contribution is 7.98. The van der Waals surface area contributed by atoms with Gasteiger partial charge < -0.3 is 5.73 Å². The molecule has 2 N–H and O–H groups in total. The number of thioether (sulfide) groups is 1. The Morgan fingerprint density at radius 2 is 1.79 bits per heavy atom. The van der Waals surface area contributed by atoms with Gasteiger partial charge in [0.25, 0.3) is 0 Å². The van der Waals surface area contributed by atoms with E-state index in [1.165, 1.54) is 23.9 Å². The number of nitrogens with zero attached hydrogens (tertiary/aromatic N) is 3. The van der Waals surface area contributed by atoms with E-state index in [1.54, 1.807) is 10.9 Å². The Hall–Kier alpha value is -2.15. The van der Waals surface area contributed by atoms with E-state index in [2.05, 4.69) is 10.1 Å². The van der Waals surface area contributed by atoms with Crippen LogP contribution in [0.4, 0.5) is 14.6 Å². The summed E-state index contributed by atoms with van der Waals surface area (Å²) in [7, 11) is 0. The predicted octanol–water partition coefficient (Wildman–Crippen LogP) is 4.34. The van der Waals surface area contributed by atoms with Crippen LogP contribution in [0.5, 0.6) is 0 Å². The summed E-state index contributed by atoms with van der Waals surface area (Å²) in [5.41, 5.74) is 7.09. The lowest BCUT2D eigenvalue weighted by molar-refractivity contribution is 0.367. The standard InChI is InChI=1S/C17H18F2N4S/c1-17(2,3)23-16-14(15(20)22-23)7-13(8-21-16)24-9-10-4-11(18)6-12(19)5-10/h4-8H,9H2,1-3H3,(H2,20,22). The van der Waals surface area contributed by atoms with Gasteiger partial charge in [-0.05, 0) is 44.5 Å². The summed E-state index contributed by atoms with van der Waals surface area (Å²) in [6, 6.07) is 5.43. The molecule has 2 aromatic heterocycles. The third-order valence-electron chi connectivity index (χ3n) is 3.49. The van der Waals surface area contributed by atoms with Crippen molar-refractivity contribution in [3.05, 3.63) is 47.7 Å². The van der Waals surface area contributed by atoms with E-state index in [0.717, 1.165) is 22.0 Å². The Kier molecular flexibility index (Phi) is 4.21. The van der Waals surface area contributed by atoms with Gasteiger partial charge in [-0.25, -0.2) is 18.4 Å². The van der Waals surface area contributed by atoms with Gasteiger partial charge in [0.15, 0.2) is 11.5 Å². The first kappa shape index (κ1) is 16.7. The molecule has 4 nitrogen and oxygen atoms in total. The van der Waals surface area contributed by atoms with E-state index in [4.69, 9.17) is 5.73 Å². The number of anilines is 1. The fourth-order valence-electron chi connectivity index (χ4n) is 2.41. The Morgan fingerprint density at radius 3 is 2.42 bits per heavy atom. The van der Waals surface area contributed by atoms with Crippen LogP contribution >= 0.6 is 11.8 Å². The molecule has 0 amide bonds. The van der Waals surface area contributed by atoms with Crippen LogP contribution in [0.15, 0.2) is 35.4 Å². The van der Waals surface area contributed by atoms with Gasteiger partial charge in [0.1, 0.15) is 11.6 Å². The molecule has 7 heteroatoms. The van der Waals surface area contributed by atoms with Crippen LogP contribution in [0, 0.1) is 11.6 Å². The Bertz CT molecular complexity index is 879. The van der Waals surface area contributed by atoms with E-state index >= 15 is 0 Å². The van der Waals surface area contributed by atoms with E-state index in [-0.39, 0.29) is 5.54 Å². The van der Waals surface area contributed by atoms with Gasteiger partial charge in [-0.1, -0.05) is 0 Å². The molecule has 3 aromatic rings. The largest absolute Gasteiger partial charge is 0.382 e. The molecule has 0 saturated heterocycles. The maximum absolute atomic E-state index is 13.2. The molecule has 0 aliphatic rings. The lowest BCUT2D eigenvalue weighted by Gasteiger charge is -2.19. The van der Waals surface area contributed by atoms with Crippen molar-refractivity contribution >= 4 is 28.6 Å². The number of hydrogen-bond donors (Lipinski definition) is 1. The maximum atomic E-state index is 13.2. The van der Waals surface area contributed by atoms with E-state index in [0.29, 0.717) is 17.1 Å². The van der Waals surface area contributed by atoms with Gasteiger partial charge in [-0.15, -0.1) is 11.8 Å². The number of nitrogen functional groups attached to an aromatic ring is 1. The molecule has 0 aliphatic heterocycles. The van der Waals surface area contributed by atoms with Crippen LogP contribution in [-0.4, -0.2) is 14.8 Å². The molecule has 0 unspecified atom stereocenters. The van der Waals surface area contributed by atoms with E-state index in [9.17, 15) is 8.78 Å². The van der Waals surface area contributed by atoms with E-state index in [1.807, 2.05) is 26.8 Å². The molecule has 0 aliphatic carbocycles. The van der Waals surface area contributed by atoms with Crippen molar-refractivity contribution < 1.29 is 8.78 Å². The van der Waals surface area contributed by atoms with E-state index < -0.39 is 11.6 Å². The van der Waals surface area contributed by atoms with Crippen LogP contribution in [0.3, 0.4) is 0 Å². The molecule has 24 heavy (non-hydrogen) atoms. The van der Waals surface area contributed by atoms with Gasteiger partial charge in [0, 0.05) is 22.9 Å². The van der Waals surface area contributed by atoms with Gasteiger partial charge in [0.05, 0.1) is 10.9 Å². The quantitative estimate of drug-likeness (QED) is 0.716. The first-order chi connectivity index (χ1) is 11.2. The average Bonchev–Trinajstić information content (AvgIpc) is 2.81. The smallest absolute Gasteiger partial charge is 0.160 e. The van der Waals surface area contributed by atoms with Gasteiger partial charge >= 0.3 is 0 Å². The third-order valence-corrected chi connectivity index (χ3v) is 4.52. The third kappa shape index (κ3) is 3.36. The molecule has 0 bridgehead atoms. The molecular formula is C17H18F2N4S. The molecule has 2 heterocycles. The topological polar surface area (TPSA) is 56.7 Å². The summed E-state index contributed by atoms with van der Waals surface area (Å²) < 4.78 is 28.3. The van der Waals surface area contributed by atoms with Crippen molar-refractivity contribution in [2.45, 2.75) is 37.0 Å². The Morgan fingerprint density at radius 1 is 1.12 bits per heavy atom. The molecule has 1 aromatic carbocycles. The monoisotopic (exact) mass is 348 g/mol. The zero-order valence-electron chi connectivity index (χ0n) is 13.7.